The van der Waals surface area contributed by atoms with Crippen LogP contribution in [0.4, 0.5) is 17.6 Å². The van der Waals surface area contributed by atoms with Gasteiger partial charge in [-0.2, -0.15) is 9.97 Å². The molecule has 3 atom stereocenters. The van der Waals surface area contributed by atoms with E-state index in [0.29, 0.717) is 82.0 Å². The fourth-order valence-corrected chi connectivity index (χ4v) is 6.45. The molecule has 12 heteroatoms. The van der Waals surface area contributed by atoms with Crippen LogP contribution in [0.5, 0.6) is 0 Å². The number of fused-ring (bicyclic) bond motifs is 1. The molecule has 3 unspecified atom stereocenters. The highest BCUT2D eigenvalue weighted by Gasteiger charge is 2.67. The normalized spacial score (nSPS) is 24.4. The van der Waals surface area contributed by atoms with Crippen molar-refractivity contribution in [2.45, 2.75) is 72.1 Å². The topological polar surface area (TPSA) is 128 Å². The Morgan fingerprint density at radius 2 is 1.70 bits per heavy atom. The summed E-state index contributed by atoms with van der Waals surface area (Å²) in [6.45, 7) is 15.8. The third kappa shape index (κ3) is 4.74. The lowest BCUT2D eigenvalue weighted by Crippen LogP contribution is -2.68. The Bertz CT molecular complexity index is 1150. The van der Waals surface area contributed by atoms with E-state index in [2.05, 4.69) is 5.32 Å². The molecule has 3 saturated heterocycles. The van der Waals surface area contributed by atoms with Gasteiger partial charge in [0.25, 0.3) is 0 Å². The number of rotatable bonds is 12. The second kappa shape index (κ2) is 12.2. The molecule has 3 fully saturated rings. The summed E-state index contributed by atoms with van der Waals surface area (Å²) in [7, 11) is 0. The summed E-state index contributed by atoms with van der Waals surface area (Å²) in [6.07, 6.45) is -0.593. The van der Waals surface area contributed by atoms with Crippen molar-refractivity contribution >= 4 is 40.8 Å². The van der Waals surface area contributed by atoms with E-state index < -0.39 is 23.5 Å². The lowest BCUT2D eigenvalue weighted by Gasteiger charge is -2.43. The molecule has 0 aliphatic carbocycles. The maximum Gasteiger partial charge on any atom is 0.231 e. The summed E-state index contributed by atoms with van der Waals surface area (Å²) in [5.41, 5.74) is -1.31. The number of ketones is 3. The summed E-state index contributed by atoms with van der Waals surface area (Å²) in [4.78, 5) is 71.4. The zero-order valence-electron chi connectivity index (χ0n) is 24.7. The van der Waals surface area contributed by atoms with E-state index in [-0.39, 0.29) is 30.4 Å². The van der Waals surface area contributed by atoms with Gasteiger partial charge in [0.05, 0.1) is 12.5 Å². The summed E-state index contributed by atoms with van der Waals surface area (Å²) >= 11 is 0. The average Bonchev–Trinajstić information content (AvgIpc) is 3.45. The molecule has 0 spiro atoms. The van der Waals surface area contributed by atoms with E-state index in [0.717, 1.165) is 0 Å². The monoisotopic (exact) mass is 557 g/mol. The number of hydrogen-bond donors (Lipinski definition) is 1. The molecule has 220 valence electrons. The molecule has 0 bridgehead atoms. The number of aromatic nitrogens is 2. The lowest BCUT2D eigenvalue weighted by molar-refractivity contribution is -0.149. The van der Waals surface area contributed by atoms with E-state index in [9.17, 15) is 19.2 Å². The molecule has 3 aliphatic rings. The van der Waals surface area contributed by atoms with Gasteiger partial charge in [0, 0.05) is 59.0 Å². The summed E-state index contributed by atoms with van der Waals surface area (Å²) in [6, 6.07) is -0.839. The number of nitrogens with one attached hydrogen (secondary N) is 1. The number of hydrogen-bond acceptors (Lipinski definition) is 11. The van der Waals surface area contributed by atoms with Crippen LogP contribution in [0.3, 0.4) is 0 Å². The van der Waals surface area contributed by atoms with Gasteiger partial charge in [-0.25, -0.2) is 0 Å². The van der Waals surface area contributed by atoms with Crippen LogP contribution in [0.15, 0.2) is 0 Å². The van der Waals surface area contributed by atoms with Crippen LogP contribution in [0.25, 0.3) is 0 Å². The van der Waals surface area contributed by atoms with Crippen molar-refractivity contribution in [3.63, 3.8) is 0 Å². The number of carbonyl (C=O) groups is 4. The summed E-state index contributed by atoms with van der Waals surface area (Å²) in [5.74, 6) is 0.0738. The fraction of sp³-hybridized carbons (Fsp3) is 0.714. The van der Waals surface area contributed by atoms with Gasteiger partial charge < -0.3 is 29.7 Å². The number of Topliss-reactive ketones (excluding diaryl/α,β-unsaturated/α-hetero) is 3. The predicted octanol–water partition coefficient (Wildman–Crippen LogP) is 1.07. The molecule has 4 heterocycles. The van der Waals surface area contributed by atoms with Crippen molar-refractivity contribution < 1.29 is 23.9 Å². The molecular weight excluding hydrogens is 514 g/mol. The van der Waals surface area contributed by atoms with Crippen molar-refractivity contribution in [3.8, 4) is 0 Å². The predicted molar refractivity (Wildman–Crippen MR) is 152 cm³/mol. The summed E-state index contributed by atoms with van der Waals surface area (Å²) in [5, 5.41) is 3.29. The number of amides is 1. The SMILES string of the molecule is CCOC1CCN2C(=O)CC(=O)C12C(=O)C1CNCCN1c1nc(N(CC)CC)nc(N(CC)CC)c1C(C)=O. The lowest BCUT2D eigenvalue weighted by atomic mass is 9.81. The smallest absolute Gasteiger partial charge is 0.231 e. The zero-order chi connectivity index (χ0) is 29.2. The first kappa shape index (κ1) is 29.9. The number of anilines is 3. The Morgan fingerprint density at radius 1 is 1.02 bits per heavy atom. The molecule has 4 rings (SSSR count). The highest BCUT2D eigenvalue weighted by molar-refractivity contribution is 6.25. The first-order valence-corrected chi connectivity index (χ1v) is 14.6. The third-order valence-electron chi connectivity index (χ3n) is 8.43. The van der Waals surface area contributed by atoms with Crippen LogP contribution in [-0.2, 0) is 19.1 Å². The van der Waals surface area contributed by atoms with Crippen molar-refractivity contribution in [2.24, 2.45) is 0 Å². The van der Waals surface area contributed by atoms with Gasteiger partial charge in [-0.05, 0) is 48.0 Å². The molecule has 40 heavy (non-hydrogen) atoms. The number of nitrogens with zero attached hydrogens (tertiary/aromatic N) is 6. The van der Waals surface area contributed by atoms with Gasteiger partial charge >= 0.3 is 0 Å². The van der Waals surface area contributed by atoms with Crippen molar-refractivity contribution in [1.29, 1.82) is 0 Å². The Kier molecular flexibility index (Phi) is 9.09. The van der Waals surface area contributed by atoms with Crippen molar-refractivity contribution in [3.05, 3.63) is 5.56 Å². The zero-order valence-corrected chi connectivity index (χ0v) is 24.7. The van der Waals surface area contributed by atoms with Gasteiger partial charge in [-0.1, -0.05) is 0 Å². The van der Waals surface area contributed by atoms with Gasteiger partial charge in [0.15, 0.2) is 22.9 Å². The second-order valence-corrected chi connectivity index (χ2v) is 10.4. The van der Waals surface area contributed by atoms with E-state index in [1.54, 1.807) is 0 Å². The number of ether oxygens (including phenoxy) is 1. The van der Waals surface area contributed by atoms with Gasteiger partial charge in [0.1, 0.15) is 23.2 Å². The largest absolute Gasteiger partial charge is 0.375 e. The van der Waals surface area contributed by atoms with Crippen LogP contribution in [0.2, 0.25) is 0 Å². The number of piperazine rings is 1. The first-order chi connectivity index (χ1) is 19.2. The van der Waals surface area contributed by atoms with Gasteiger partial charge in [-0.3, -0.25) is 19.2 Å². The van der Waals surface area contributed by atoms with Gasteiger partial charge in [0.2, 0.25) is 11.9 Å². The van der Waals surface area contributed by atoms with Crippen LogP contribution < -0.4 is 20.0 Å². The highest BCUT2D eigenvalue weighted by Crippen LogP contribution is 2.42. The Hall–Kier alpha value is -3.12. The van der Waals surface area contributed by atoms with E-state index >= 15 is 0 Å². The minimum absolute atomic E-state index is 0.201. The Balaban J connectivity index is 1.90. The van der Waals surface area contributed by atoms with Crippen LogP contribution in [-0.4, -0.2) is 115 Å². The van der Waals surface area contributed by atoms with E-state index in [1.165, 1.54) is 11.8 Å². The molecule has 1 aromatic rings. The fourth-order valence-electron chi connectivity index (χ4n) is 6.45. The van der Waals surface area contributed by atoms with Crippen molar-refractivity contribution in [1.82, 2.24) is 20.2 Å². The molecular formula is C28H43N7O5. The summed E-state index contributed by atoms with van der Waals surface area (Å²) < 4.78 is 5.95. The molecule has 3 aliphatic heterocycles. The molecule has 0 radical (unpaired) electrons. The molecule has 1 N–H and O–H groups in total. The quantitative estimate of drug-likeness (QED) is 0.293. The van der Waals surface area contributed by atoms with Crippen molar-refractivity contribution in [2.75, 3.05) is 73.7 Å². The highest BCUT2D eigenvalue weighted by atomic mass is 16.5. The molecule has 0 saturated carbocycles. The Morgan fingerprint density at radius 3 is 2.30 bits per heavy atom. The first-order valence-electron chi connectivity index (χ1n) is 14.6. The van der Waals surface area contributed by atoms with E-state index in [1.807, 2.05) is 49.3 Å². The molecule has 0 aromatic carbocycles. The van der Waals surface area contributed by atoms with E-state index in [4.69, 9.17) is 14.7 Å². The van der Waals surface area contributed by atoms with Crippen LogP contribution >= 0.6 is 0 Å². The maximum absolute atomic E-state index is 14.6. The van der Waals surface area contributed by atoms with Crippen LogP contribution in [0.1, 0.15) is 64.7 Å². The van der Waals surface area contributed by atoms with Gasteiger partial charge in [-0.15, -0.1) is 0 Å². The second-order valence-electron chi connectivity index (χ2n) is 10.4. The third-order valence-corrected chi connectivity index (χ3v) is 8.43. The standard InChI is InChI=1S/C28H43N7O5/c1-7-32(8-2)25-23(18(6)36)26(31-27(30-25)33(9-3)10-4)34-15-13-29-17-19(34)24(39)28-20(37)16-22(38)35(28)14-12-21(28)40-11-5/h19,21,29H,7-17H2,1-6H3. The Labute approximate surface area is 236 Å². The molecule has 1 amide bonds. The minimum Gasteiger partial charge on any atom is -0.375 e. The molecule has 12 nitrogen and oxygen atoms in total. The molecule has 1 aromatic heterocycles. The maximum atomic E-state index is 14.6. The van der Waals surface area contributed by atoms with Crippen LogP contribution in [0, 0.1) is 0 Å². The minimum atomic E-state index is -1.66. The number of carbonyl (C=O) groups excluding carboxylic acids is 4. The average molecular weight is 558 g/mol.